The minimum Gasteiger partial charge on any atom is -0.494 e. The van der Waals surface area contributed by atoms with Gasteiger partial charge in [0.1, 0.15) is 11.6 Å². The van der Waals surface area contributed by atoms with Crippen molar-refractivity contribution in [3.8, 4) is 5.75 Å². The fourth-order valence-corrected chi connectivity index (χ4v) is 4.20. The van der Waals surface area contributed by atoms with E-state index < -0.39 is 0 Å². The molecule has 0 aliphatic carbocycles. The monoisotopic (exact) mass is 519 g/mol. The number of rotatable bonds is 10. The first kappa shape index (κ1) is 24.0. The zero-order valence-corrected chi connectivity index (χ0v) is 21.3. The summed E-state index contributed by atoms with van der Waals surface area (Å²) in [6, 6.07) is 21.8. The Morgan fingerprint density at radius 3 is 2.59 bits per heavy atom. The van der Waals surface area contributed by atoms with E-state index in [0.717, 1.165) is 52.9 Å². The highest BCUT2D eigenvalue weighted by molar-refractivity contribution is 9.10. The average Bonchev–Trinajstić information content (AvgIpc) is 3.19. The predicted octanol–water partition coefficient (Wildman–Crippen LogP) is 6.25. The Hall–Kier alpha value is -3.12. The zero-order valence-electron chi connectivity index (χ0n) is 19.7. The van der Waals surface area contributed by atoms with Gasteiger partial charge >= 0.3 is 0 Å². The van der Waals surface area contributed by atoms with Crippen LogP contribution in [0.4, 0.5) is 0 Å². The van der Waals surface area contributed by atoms with Gasteiger partial charge in [0.25, 0.3) is 5.91 Å². The van der Waals surface area contributed by atoms with Crippen molar-refractivity contribution in [1.82, 2.24) is 14.9 Å². The van der Waals surface area contributed by atoms with Crippen LogP contribution in [-0.4, -0.2) is 28.6 Å². The number of amides is 1. The molecule has 1 amide bonds. The van der Waals surface area contributed by atoms with Crippen LogP contribution in [0.25, 0.3) is 11.0 Å². The fourth-order valence-electron chi connectivity index (χ4n) is 3.93. The normalized spacial score (nSPS) is 11.0. The molecular weight excluding hydrogens is 490 g/mol. The van der Waals surface area contributed by atoms with Gasteiger partial charge in [0.05, 0.1) is 17.6 Å². The van der Waals surface area contributed by atoms with Crippen molar-refractivity contribution in [1.29, 1.82) is 0 Å². The molecule has 0 aliphatic rings. The molecule has 0 saturated heterocycles. The lowest BCUT2D eigenvalue weighted by molar-refractivity contribution is 0.0953. The third-order valence-corrected chi connectivity index (χ3v) is 6.50. The van der Waals surface area contributed by atoms with E-state index in [1.165, 1.54) is 11.1 Å². The van der Waals surface area contributed by atoms with Gasteiger partial charge in [-0.15, -0.1) is 0 Å². The number of carbonyl (C=O) groups is 1. The minimum absolute atomic E-state index is 0.0514. The Labute approximate surface area is 209 Å². The Morgan fingerprint density at radius 1 is 1.00 bits per heavy atom. The molecule has 0 fully saturated rings. The number of benzene rings is 3. The van der Waals surface area contributed by atoms with Crippen molar-refractivity contribution in [2.45, 2.75) is 39.7 Å². The van der Waals surface area contributed by atoms with Crippen LogP contribution < -0.4 is 10.1 Å². The van der Waals surface area contributed by atoms with Crippen molar-refractivity contribution in [2.24, 2.45) is 0 Å². The number of imidazole rings is 1. The molecule has 0 spiro atoms. The molecule has 0 saturated carbocycles. The minimum atomic E-state index is -0.0514. The maximum absolute atomic E-state index is 12.3. The van der Waals surface area contributed by atoms with Crippen LogP contribution in [0.1, 0.15) is 40.2 Å². The molecule has 176 valence electrons. The van der Waals surface area contributed by atoms with Crippen LogP contribution in [0.15, 0.2) is 71.2 Å². The molecule has 4 rings (SSSR count). The summed E-state index contributed by atoms with van der Waals surface area (Å²) in [4.78, 5) is 17.2. The maximum atomic E-state index is 12.3. The largest absolute Gasteiger partial charge is 0.494 e. The molecule has 4 aromatic rings. The van der Waals surface area contributed by atoms with Gasteiger partial charge in [-0.1, -0.05) is 34.1 Å². The van der Waals surface area contributed by atoms with E-state index in [1.54, 1.807) is 0 Å². The lowest BCUT2D eigenvalue weighted by Gasteiger charge is -2.12. The Kier molecular flexibility index (Phi) is 8.01. The lowest BCUT2D eigenvalue weighted by atomic mass is 10.1. The first-order valence-corrected chi connectivity index (χ1v) is 12.5. The number of ether oxygens (including phenoxy) is 1. The zero-order chi connectivity index (χ0) is 23.9. The summed E-state index contributed by atoms with van der Waals surface area (Å²) in [7, 11) is 0. The molecule has 1 aromatic heterocycles. The molecule has 0 aliphatic heterocycles. The third kappa shape index (κ3) is 6.06. The van der Waals surface area contributed by atoms with Crippen molar-refractivity contribution >= 4 is 32.9 Å². The SMILES string of the molecule is Cc1ccc(OCCCn2c(CCCNC(=O)c3ccc(Br)cc3)nc3ccccc32)cc1C. The van der Waals surface area contributed by atoms with E-state index in [-0.39, 0.29) is 5.91 Å². The van der Waals surface area contributed by atoms with Crippen molar-refractivity contribution in [3.63, 3.8) is 0 Å². The van der Waals surface area contributed by atoms with E-state index in [2.05, 4.69) is 63.9 Å². The van der Waals surface area contributed by atoms with Gasteiger partial charge in [-0.25, -0.2) is 4.98 Å². The van der Waals surface area contributed by atoms with Crippen LogP contribution in [0.3, 0.4) is 0 Å². The number of nitrogens with zero attached hydrogens (tertiary/aromatic N) is 2. The Balaban J connectivity index is 1.32. The first-order chi connectivity index (χ1) is 16.5. The van der Waals surface area contributed by atoms with Crippen LogP contribution in [0, 0.1) is 13.8 Å². The Bertz CT molecular complexity index is 1260. The molecule has 0 radical (unpaired) electrons. The van der Waals surface area contributed by atoms with Gasteiger partial charge in [-0.3, -0.25) is 4.79 Å². The maximum Gasteiger partial charge on any atom is 0.251 e. The summed E-state index contributed by atoms with van der Waals surface area (Å²) < 4.78 is 9.23. The molecule has 0 unspecified atom stereocenters. The lowest BCUT2D eigenvalue weighted by Crippen LogP contribution is -2.25. The number of aryl methyl sites for hydroxylation is 4. The summed E-state index contributed by atoms with van der Waals surface area (Å²) in [6.45, 7) is 6.31. The second-order valence-electron chi connectivity index (χ2n) is 8.48. The molecule has 6 heteroatoms. The van der Waals surface area contributed by atoms with Crippen molar-refractivity contribution < 1.29 is 9.53 Å². The fraction of sp³-hybridized carbons (Fsp3) is 0.286. The highest BCUT2D eigenvalue weighted by Crippen LogP contribution is 2.19. The number of para-hydroxylation sites is 2. The number of nitrogens with one attached hydrogen (secondary N) is 1. The molecule has 5 nitrogen and oxygen atoms in total. The quantitative estimate of drug-likeness (QED) is 0.252. The second kappa shape index (κ2) is 11.3. The number of halogens is 1. The highest BCUT2D eigenvalue weighted by Gasteiger charge is 2.11. The van der Waals surface area contributed by atoms with Crippen molar-refractivity contribution in [2.75, 3.05) is 13.2 Å². The number of aromatic nitrogens is 2. The standard InChI is InChI=1S/C28H30BrN3O2/c1-20-10-15-24(19-21(20)2)34-18-6-17-32-26-8-4-3-7-25(26)31-27(32)9-5-16-30-28(33)22-11-13-23(29)14-12-22/h3-4,7-8,10-15,19H,5-6,9,16-18H2,1-2H3,(H,30,33). The second-order valence-corrected chi connectivity index (χ2v) is 9.40. The molecule has 0 atom stereocenters. The summed E-state index contributed by atoms with van der Waals surface area (Å²) in [5.41, 5.74) is 5.33. The van der Waals surface area contributed by atoms with Gasteiger partial charge in [0.15, 0.2) is 0 Å². The predicted molar refractivity (Wildman–Crippen MR) is 141 cm³/mol. The van der Waals surface area contributed by atoms with Gasteiger partial charge in [-0.05, 0) is 86.3 Å². The molecular formula is C28H30BrN3O2. The van der Waals surface area contributed by atoms with E-state index in [1.807, 2.05) is 42.5 Å². The summed E-state index contributed by atoms with van der Waals surface area (Å²) in [5.74, 6) is 1.91. The van der Waals surface area contributed by atoms with Crippen LogP contribution in [0.5, 0.6) is 5.75 Å². The number of hydrogen-bond acceptors (Lipinski definition) is 3. The highest BCUT2D eigenvalue weighted by atomic mass is 79.9. The first-order valence-electron chi connectivity index (χ1n) is 11.7. The average molecular weight is 520 g/mol. The van der Waals surface area contributed by atoms with E-state index in [9.17, 15) is 4.79 Å². The smallest absolute Gasteiger partial charge is 0.251 e. The molecule has 0 bridgehead atoms. The van der Waals surface area contributed by atoms with Crippen LogP contribution in [-0.2, 0) is 13.0 Å². The topological polar surface area (TPSA) is 56.1 Å². The summed E-state index contributed by atoms with van der Waals surface area (Å²) >= 11 is 3.40. The van der Waals surface area contributed by atoms with Gasteiger partial charge in [0, 0.05) is 29.5 Å². The van der Waals surface area contributed by atoms with E-state index >= 15 is 0 Å². The number of fused-ring (bicyclic) bond motifs is 1. The van der Waals surface area contributed by atoms with Crippen LogP contribution in [0.2, 0.25) is 0 Å². The van der Waals surface area contributed by atoms with Crippen molar-refractivity contribution in [3.05, 3.63) is 93.7 Å². The summed E-state index contributed by atoms with van der Waals surface area (Å²) in [6.07, 6.45) is 2.51. The molecule has 3 aromatic carbocycles. The Morgan fingerprint density at radius 2 is 1.79 bits per heavy atom. The van der Waals surface area contributed by atoms with Gasteiger partial charge in [0.2, 0.25) is 0 Å². The molecule has 1 N–H and O–H groups in total. The molecule has 34 heavy (non-hydrogen) atoms. The number of hydrogen-bond donors (Lipinski definition) is 1. The van der Waals surface area contributed by atoms with Gasteiger partial charge < -0.3 is 14.6 Å². The summed E-state index contributed by atoms with van der Waals surface area (Å²) in [5, 5.41) is 3.01. The molecule has 1 heterocycles. The van der Waals surface area contributed by atoms with E-state index in [0.29, 0.717) is 18.7 Å². The number of carbonyl (C=O) groups excluding carboxylic acids is 1. The van der Waals surface area contributed by atoms with Gasteiger partial charge in [-0.2, -0.15) is 0 Å². The van der Waals surface area contributed by atoms with E-state index in [4.69, 9.17) is 9.72 Å². The third-order valence-electron chi connectivity index (χ3n) is 5.98. The van der Waals surface area contributed by atoms with Crippen LogP contribution >= 0.6 is 15.9 Å².